The van der Waals surface area contributed by atoms with Gasteiger partial charge in [0.1, 0.15) is 23.3 Å². The topological polar surface area (TPSA) is 83.0 Å². The first kappa shape index (κ1) is 28.0. The minimum absolute atomic E-state index is 0.114. The smallest absolute Gasteiger partial charge is 0.338 e. The summed E-state index contributed by atoms with van der Waals surface area (Å²) in [6.07, 6.45) is 1.55. The summed E-state index contributed by atoms with van der Waals surface area (Å²) in [5.74, 6) is 1.11. The number of hydrogen-bond acceptors (Lipinski definition) is 7. The molecule has 3 heterocycles. The summed E-state index contributed by atoms with van der Waals surface area (Å²) in [6, 6.07) is 15.4. The van der Waals surface area contributed by atoms with E-state index in [-0.39, 0.29) is 18.3 Å². The number of ether oxygens (including phenoxy) is 2. The van der Waals surface area contributed by atoms with Crippen molar-refractivity contribution in [2.75, 3.05) is 6.61 Å². The Bertz CT molecular complexity index is 1820. The van der Waals surface area contributed by atoms with Crippen LogP contribution in [0.1, 0.15) is 45.1 Å². The highest BCUT2D eigenvalue weighted by Gasteiger charge is 2.35. The highest BCUT2D eigenvalue weighted by atomic mass is 35.5. The van der Waals surface area contributed by atoms with E-state index < -0.39 is 12.0 Å². The molecule has 5 rings (SSSR count). The largest absolute Gasteiger partial charge is 0.491 e. The first-order valence-corrected chi connectivity index (χ1v) is 14.3. The van der Waals surface area contributed by atoms with Gasteiger partial charge in [0.15, 0.2) is 4.80 Å². The molecule has 2 aromatic carbocycles. The Labute approximate surface area is 244 Å². The number of furan rings is 1. The number of rotatable bonds is 7. The van der Waals surface area contributed by atoms with Gasteiger partial charge >= 0.3 is 5.97 Å². The van der Waals surface area contributed by atoms with Crippen LogP contribution in [-0.4, -0.2) is 23.2 Å². The molecule has 206 valence electrons. The molecule has 2 aromatic heterocycles. The molecule has 0 aliphatic carbocycles. The highest BCUT2D eigenvalue weighted by molar-refractivity contribution is 7.07. The Kier molecular flexibility index (Phi) is 8.03. The second-order valence-corrected chi connectivity index (χ2v) is 11.2. The predicted molar refractivity (Wildman–Crippen MR) is 157 cm³/mol. The number of hydrogen-bond donors (Lipinski definition) is 0. The molecule has 4 aromatic rings. The summed E-state index contributed by atoms with van der Waals surface area (Å²) < 4.78 is 19.4. The Balaban J connectivity index is 1.66. The maximum absolute atomic E-state index is 13.9. The molecule has 1 aliphatic heterocycles. The fourth-order valence-corrected chi connectivity index (χ4v) is 5.84. The van der Waals surface area contributed by atoms with E-state index in [1.165, 1.54) is 15.9 Å². The van der Waals surface area contributed by atoms with Gasteiger partial charge in [-0.05, 0) is 64.1 Å². The third-order valence-electron chi connectivity index (χ3n) is 6.20. The molecular weight excluding hydrogens is 571 g/mol. The van der Waals surface area contributed by atoms with Crippen molar-refractivity contribution in [2.24, 2.45) is 4.99 Å². The molecular formula is C30H26Cl2N2O5S. The molecule has 0 radical (unpaired) electrons. The number of aromatic nitrogens is 1. The summed E-state index contributed by atoms with van der Waals surface area (Å²) in [4.78, 5) is 32.2. The minimum atomic E-state index is -0.782. The number of nitrogens with zero attached hydrogens (tertiary/aromatic N) is 2. The van der Waals surface area contributed by atoms with E-state index in [0.717, 1.165) is 5.56 Å². The van der Waals surface area contributed by atoms with Crippen molar-refractivity contribution in [1.82, 2.24) is 4.57 Å². The van der Waals surface area contributed by atoms with Gasteiger partial charge in [-0.2, -0.15) is 0 Å². The number of benzene rings is 2. The van der Waals surface area contributed by atoms with E-state index in [4.69, 9.17) is 37.1 Å². The van der Waals surface area contributed by atoms with Crippen molar-refractivity contribution in [1.29, 1.82) is 0 Å². The van der Waals surface area contributed by atoms with Crippen LogP contribution >= 0.6 is 34.5 Å². The highest BCUT2D eigenvalue weighted by Crippen LogP contribution is 2.36. The third-order valence-corrected chi connectivity index (χ3v) is 7.92. The molecule has 7 nitrogen and oxygen atoms in total. The quantitative estimate of drug-likeness (QED) is 0.239. The van der Waals surface area contributed by atoms with Crippen LogP contribution in [-0.2, 0) is 9.53 Å². The molecule has 0 spiro atoms. The number of carbonyl (C=O) groups excluding carboxylic acids is 1. The summed E-state index contributed by atoms with van der Waals surface area (Å²) in [5, 5.41) is 0.866. The number of para-hydroxylation sites is 1. The fourth-order valence-electron chi connectivity index (χ4n) is 4.52. The number of carbonyl (C=O) groups is 1. The van der Waals surface area contributed by atoms with Crippen molar-refractivity contribution >= 4 is 46.6 Å². The number of allylic oxidation sites excluding steroid dienone is 1. The van der Waals surface area contributed by atoms with Crippen LogP contribution in [0.2, 0.25) is 10.0 Å². The minimum Gasteiger partial charge on any atom is -0.491 e. The number of esters is 1. The molecule has 10 heteroatoms. The van der Waals surface area contributed by atoms with Crippen LogP contribution in [0.5, 0.6) is 5.75 Å². The van der Waals surface area contributed by atoms with Gasteiger partial charge in [-0.1, -0.05) is 52.7 Å². The Morgan fingerprint density at radius 3 is 2.65 bits per heavy atom. The zero-order valence-corrected chi connectivity index (χ0v) is 24.6. The third kappa shape index (κ3) is 5.39. The Morgan fingerprint density at radius 1 is 1.15 bits per heavy atom. The SMILES string of the molecule is CCOC(=O)C1=C(C)N=c2s/c(=C\c3ccc(-c4ccc(Cl)c(Cl)c4)o3)c(=O)n2[C@H]1c1ccccc1OC(C)C. The van der Waals surface area contributed by atoms with Gasteiger partial charge in [0, 0.05) is 17.2 Å². The van der Waals surface area contributed by atoms with Crippen LogP contribution in [0, 0.1) is 0 Å². The standard InChI is InChI=1S/C30H26Cl2N2O5S/c1-5-37-29(36)26-17(4)33-30-34(27(26)20-8-6-7-9-24(20)38-16(2)3)28(35)25(40-30)15-19-11-13-23(39-19)18-10-12-21(31)22(32)14-18/h6-16,27H,5H2,1-4H3/b25-15-/t27-/m0/s1. The molecule has 0 unspecified atom stereocenters. The van der Waals surface area contributed by atoms with E-state index >= 15 is 0 Å². The summed E-state index contributed by atoms with van der Waals surface area (Å²) in [7, 11) is 0. The van der Waals surface area contributed by atoms with Gasteiger partial charge < -0.3 is 13.9 Å². The lowest BCUT2D eigenvalue weighted by Crippen LogP contribution is -2.40. The van der Waals surface area contributed by atoms with Crippen molar-refractivity contribution in [3.63, 3.8) is 0 Å². The lowest BCUT2D eigenvalue weighted by Gasteiger charge is -2.26. The number of fused-ring (bicyclic) bond motifs is 1. The van der Waals surface area contributed by atoms with Crippen molar-refractivity contribution in [2.45, 2.75) is 39.8 Å². The second kappa shape index (κ2) is 11.5. The summed E-state index contributed by atoms with van der Waals surface area (Å²) in [5.41, 5.74) is 1.89. The van der Waals surface area contributed by atoms with Gasteiger partial charge in [-0.15, -0.1) is 0 Å². The van der Waals surface area contributed by atoms with Crippen molar-refractivity contribution in [3.8, 4) is 17.1 Å². The molecule has 0 N–H and O–H groups in total. The van der Waals surface area contributed by atoms with Gasteiger partial charge in [0.25, 0.3) is 5.56 Å². The van der Waals surface area contributed by atoms with Crippen LogP contribution in [0.4, 0.5) is 0 Å². The predicted octanol–water partition coefficient (Wildman–Crippen LogP) is 6.15. The van der Waals surface area contributed by atoms with Gasteiger partial charge in [-0.3, -0.25) is 9.36 Å². The monoisotopic (exact) mass is 596 g/mol. The zero-order chi connectivity index (χ0) is 28.6. The lowest BCUT2D eigenvalue weighted by atomic mass is 9.95. The van der Waals surface area contributed by atoms with Crippen molar-refractivity contribution in [3.05, 3.63) is 107 Å². The van der Waals surface area contributed by atoms with E-state index in [1.807, 2.05) is 38.1 Å². The molecule has 0 saturated carbocycles. The van der Waals surface area contributed by atoms with Crippen LogP contribution in [0.25, 0.3) is 17.4 Å². The average molecular weight is 598 g/mol. The lowest BCUT2D eigenvalue weighted by molar-refractivity contribution is -0.139. The second-order valence-electron chi connectivity index (χ2n) is 9.34. The zero-order valence-electron chi connectivity index (χ0n) is 22.2. The maximum Gasteiger partial charge on any atom is 0.338 e. The van der Waals surface area contributed by atoms with Gasteiger partial charge in [0.05, 0.1) is 38.6 Å². The number of thiazole rings is 1. The molecule has 0 bridgehead atoms. The van der Waals surface area contributed by atoms with Crippen LogP contribution in [0.3, 0.4) is 0 Å². The first-order chi connectivity index (χ1) is 19.2. The molecule has 0 fully saturated rings. The normalized spacial score (nSPS) is 15.3. The van der Waals surface area contributed by atoms with Crippen LogP contribution < -0.4 is 19.6 Å². The van der Waals surface area contributed by atoms with Gasteiger partial charge in [0.2, 0.25) is 0 Å². The number of halogens is 2. The van der Waals surface area contributed by atoms with E-state index in [1.54, 1.807) is 50.3 Å². The van der Waals surface area contributed by atoms with Crippen molar-refractivity contribution < 1.29 is 18.7 Å². The van der Waals surface area contributed by atoms with Gasteiger partial charge in [-0.25, -0.2) is 9.79 Å². The van der Waals surface area contributed by atoms with E-state index in [9.17, 15) is 9.59 Å². The molecule has 1 aliphatic rings. The molecule has 40 heavy (non-hydrogen) atoms. The first-order valence-electron chi connectivity index (χ1n) is 12.7. The Hall–Kier alpha value is -3.59. The molecule has 0 saturated heterocycles. The average Bonchev–Trinajstić information content (AvgIpc) is 3.49. The van der Waals surface area contributed by atoms with Crippen LogP contribution in [0.15, 0.2) is 80.1 Å². The molecule has 1 atom stereocenters. The summed E-state index contributed by atoms with van der Waals surface area (Å²) >= 11 is 13.4. The maximum atomic E-state index is 13.9. The fraction of sp³-hybridized carbons (Fsp3) is 0.233. The van der Waals surface area contributed by atoms with E-state index in [0.29, 0.717) is 53.5 Å². The molecule has 0 amide bonds. The summed E-state index contributed by atoms with van der Waals surface area (Å²) in [6.45, 7) is 7.52. The van der Waals surface area contributed by atoms with E-state index in [2.05, 4.69) is 4.99 Å². The Morgan fingerprint density at radius 2 is 1.93 bits per heavy atom.